The lowest BCUT2D eigenvalue weighted by molar-refractivity contribution is -0.228. The fourth-order valence-electron chi connectivity index (χ4n) is 6.75. The van der Waals surface area contributed by atoms with Crippen LogP contribution in [0.2, 0.25) is 0 Å². The minimum atomic E-state index is -2.94. The van der Waals surface area contributed by atoms with Gasteiger partial charge in [-0.1, -0.05) is 11.8 Å². The Labute approximate surface area is 271 Å². The molecule has 3 aromatic rings. The van der Waals surface area contributed by atoms with Crippen molar-refractivity contribution < 1.29 is 32.9 Å². The third-order valence-corrected chi connectivity index (χ3v) is 9.44. The molecule has 4 aliphatic rings. The first-order chi connectivity index (χ1) is 22.8. The van der Waals surface area contributed by atoms with E-state index in [4.69, 9.17) is 19.2 Å². The first-order valence-corrected chi connectivity index (χ1v) is 16.0. The van der Waals surface area contributed by atoms with Gasteiger partial charge in [-0.15, -0.1) is 0 Å². The molecule has 0 aliphatic carbocycles. The number of pyridine rings is 1. The van der Waals surface area contributed by atoms with Gasteiger partial charge < -0.3 is 34.1 Å². The van der Waals surface area contributed by atoms with E-state index in [2.05, 4.69) is 43.5 Å². The lowest BCUT2D eigenvalue weighted by Crippen LogP contribution is -2.68. The molecular weight excluding hydrogens is 612 g/mol. The topological polar surface area (TPSA) is 129 Å². The highest BCUT2D eigenvalue weighted by atomic mass is 19.3. The van der Waals surface area contributed by atoms with E-state index < -0.39 is 36.0 Å². The molecule has 0 bridgehead atoms. The number of aromatic nitrogens is 4. The number of aliphatic carboxylic acids is 1. The Morgan fingerprint density at radius 2 is 2.04 bits per heavy atom. The highest BCUT2D eigenvalue weighted by molar-refractivity contribution is 5.79. The second-order valence-electron chi connectivity index (χ2n) is 12.4. The van der Waals surface area contributed by atoms with Gasteiger partial charge in [-0.3, -0.25) is 4.90 Å². The molecule has 12 nitrogen and oxygen atoms in total. The van der Waals surface area contributed by atoms with Crippen molar-refractivity contribution in [3.63, 3.8) is 0 Å². The molecule has 2 N–H and O–H groups in total. The van der Waals surface area contributed by atoms with Crippen LogP contribution in [0.3, 0.4) is 0 Å². The number of carbonyl (C=O) groups is 1. The number of anilines is 2. The van der Waals surface area contributed by atoms with Crippen LogP contribution < -0.4 is 14.5 Å². The number of alkyl halides is 2. The van der Waals surface area contributed by atoms with Crippen molar-refractivity contribution in [2.45, 2.75) is 56.4 Å². The van der Waals surface area contributed by atoms with Crippen molar-refractivity contribution in [1.82, 2.24) is 24.8 Å². The van der Waals surface area contributed by atoms with Gasteiger partial charge in [0.05, 0.1) is 50.3 Å². The Morgan fingerprint density at radius 3 is 2.74 bits per heavy atom. The molecule has 3 atom stereocenters. The SMILES string of the molecule is C[C@@H]1N(c2cc(C#CCN3CCCC3)cnc2O[C@H]2C[C@@H](C(=O)O)N(c3cc(-c4ccc[nH]4)nc(C(F)F)n3)C2)CCOC12COC2. The number of ether oxygens (including phenoxy) is 3. The average molecular weight is 650 g/mol. The normalized spacial score (nSPS) is 24.0. The van der Waals surface area contributed by atoms with Crippen molar-refractivity contribution in [3.8, 4) is 29.1 Å². The second kappa shape index (κ2) is 13.1. The van der Waals surface area contributed by atoms with Gasteiger partial charge in [0.1, 0.15) is 29.3 Å². The molecule has 0 radical (unpaired) electrons. The Bertz CT molecular complexity index is 1650. The zero-order chi connectivity index (χ0) is 32.5. The number of rotatable bonds is 8. The van der Waals surface area contributed by atoms with E-state index in [0.717, 1.165) is 24.3 Å². The number of hydrogen-bond donors (Lipinski definition) is 2. The van der Waals surface area contributed by atoms with Gasteiger partial charge in [-0.05, 0) is 51.1 Å². The maximum absolute atomic E-state index is 13.9. The van der Waals surface area contributed by atoms with Gasteiger partial charge in [-0.2, -0.15) is 0 Å². The van der Waals surface area contributed by atoms with Gasteiger partial charge in [0, 0.05) is 37.0 Å². The van der Waals surface area contributed by atoms with Gasteiger partial charge in [0.15, 0.2) is 5.82 Å². The smallest absolute Gasteiger partial charge is 0.326 e. The van der Waals surface area contributed by atoms with Crippen molar-refractivity contribution in [3.05, 3.63) is 48.0 Å². The van der Waals surface area contributed by atoms with Crippen molar-refractivity contribution in [1.29, 1.82) is 0 Å². The van der Waals surface area contributed by atoms with Crippen LogP contribution in [0.1, 0.15) is 44.0 Å². The molecule has 4 fully saturated rings. The fourth-order valence-corrected chi connectivity index (χ4v) is 6.75. The number of carboxylic acids is 1. The van der Waals surface area contributed by atoms with Crippen molar-refractivity contribution in [2.75, 3.05) is 62.3 Å². The third-order valence-electron chi connectivity index (χ3n) is 9.44. The minimum absolute atomic E-state index is 0.0472. The first kappa shape index (κ1) is 31.3. The fraction of sp³-hybridized carbons (Fsp3) is 0.515. The highest BCUT2D eigenvalue weighted by Crippen LogP contribution is 2.39. The molecule has 4 saturated heterocycles. The van der Waals surface area contributed by atoms with E-state index in [1.807, 2.05) is 6.07 Å². The van der Waals surface area contributed by atoms with Crippen LogP contribution in [0.4, 0.5) is 20.3 Å². The van der Waals surface area contributed by atoms with E-state index in [0.29, 0.717) is 44.5 Å². The summed E-state index contributed by atoms with van der Waals surface area (Å²) in [6, 6.07) is 5.81. The number of nitrogens with zero attached hydrogens (tertiary/aromatic N) is 6. The zero-order valence-electron chi connectivity index (χ0n) is 26.1. The molecule has 3 aromatic heterocycles. The molecule has 7 heterocycles. The maximum atomic E-state index is 13.9. The Morgan fingerprint density at radius 1 is 1.21 bits per heavy atom. The number of nitrogens with one attached hydrogen (secondary N) is 1. The van der Waals surface area contributed by atoms with Crippen LogP contribution in [0.25, 0.3) is 11.4 Å². The Balaban J connectivity index is 1.18. The molecule has 248 valence electrons. The van der Waals surface area contributed by atoms with E-state index >= 15 is 0 Å². The predicted molar refractivity (Wildman–Crippen MR) is 168 cm³/mol. The standard InChI is InChI=1S/C33H37F2N7O5/c1-21-33(19-45-20-33)46-13-12-41(21)26-14-22(6-5-11-40-9-2-3-10-40)17-37-31(26)47-23-15-27(32(43)44)42(18-23)28-16-25(24-7-4-8-36-24)38-30(39-28)29(34)35/h4,7-8,14,16-17,21,23,27,29,36H,2-3,9-13,15,18-20H2,1H3,(H,43,44)/t21-,23-,27-/m0/s1. The van der Waals surface area contributed by atoms with Crippen LogP contribution in [0.15, 0.2) is 36.7 Å². The van der Waals surface area contributed by atoms with Gasteiger partial charge in [-0.25, -0.2) is 28.5 Å². The van der Waals surface area contributed by atoms with Crippen molar-refractivity contribution in [2.24, 2.45) is 0 Å². The number of H-pyrrole nitrogens is 1. The summed E-state index contributed by atoms with van der Waals surface area (Å²) in [6.45, 7) is 7.07. The minimum Gasteiger partial charge on any atom is -0.480 e. The van der Waals surface area contributed by atoms with E-state index in [1.54, 1.807) is 24.5 Å². The average Bonchev–Trinajstić information content (AvgIpc) is 3.84. The van der Waals surface area contributed by atoms with Crippen LogP contribution >= 0.6 is 0 Å². The monoisotopic (exact) mass is 649 g/mol. The Kier molecular flexibility index (Phi) is 8.69. The molecule has 0 amide bonds. The maximum Gasteiger partial charge on any atom is 0.326 e. The molecule has 1 spiro atoms. The van der Waals surface area contributed by atoms with Crippen LogP contribution in [-0.2, 0) is 14.3 Å². The van der Waals surface area contributed by atoms with Crippen LogP contribution in [0, 0.1) is 11.8 Å². The number of hydrogen-bond acceptors (Lipinski definition) is 10. The third kappa shape index (κ3) is 6.35. The number of likely N-dealkylation sites (tertiary alicyclic amines) is 1. The van der Waals surface area contributed by atoms with E-state index in [1.165, 1.54) is 23.8 Å². The summed E-state index contributed by atoms with van der Waals surface area (Å²) < 4.78 is 45.9. The zero-order valence-corrected chi connectivity index (χ0v) is 26.1. The number of halogens is 2. The number of carboxylic acid groups (broad SMARTS) is 1. The summed E-state index contributed by atoms with van der Waals surface area (Å²) in [4.78, 5) is 34.2. The Hall–Kier alpha value is -4.32. The molecule has 47 heavy (non-hydrogen) atoms. The van der Waals surface area contributed by atoms with E-state index in [9.17, 15) is 18.7 Å². The molecule has 0 unspecified atom stereocenters. The molecule has 4 aliphatic heterocycles. The predicted octanol–water partition coefficient (Wildman–Crippen LogP) is 3.36. The second-order valence-corrected chi connectivity index (χ2v) is 12.4. The largest absolute Gasteiger partial charge is 0.480 e. The van der Waals surface area contributed by atoms with Gasteiger partial charge in [0.25, 0.3) is 6.43 Å². The number of aromatic amines is 1. The van der Waals surface area contributed by atoms with Gasteiger partial charge in [0.2, 0.25) is 5.88 Å². The lowest BCUT2D eigenvalue weighted by atomic mass is 9.90. The number of morpholine rings is 1. The lowest BCUT2D eigenvalue weighted by Gasteiger charge is -2.53. The summed E-state index contributed by atoms with van der Waals surface area (Å²) in [5, 5.41) is 10.2. The summed E-state index contributed by atoms with van der Waals surface area (Å²) >= 11 is 0. The molecular formula is C33H37F2N7O5. The van der Waals surface area contributed by atoms with Crippen LogP contribution in [0.5, 0.6) is 5.88 Å². The van der Waals surface area contributed by atoms with Crippen LogP contribution in [-0.4, -0.2) is 112 Å². The van der Waals surface area contributed by atoms with E-state index in [-0.39, 0.29) is 30.5 Å². The highest BCUT2D eigenvalue weighted by Gasteiger charge is 2.50. The van der Waals surface area contributed by atoms with Crippen molar-refractivity contribution >= 4 is 17.5 Å². The molecule has 0 aromatic carbocycles. The molecule has 0 saturated carbocycles. The summed E-state index contributed by atoms with van der Waals surface area (Å²) in [6.07, 6.45) is 2.25. The molecule has 7 rings (SSSR count). The van der Waals surface area contributed by atoms with Gasteiger partial charge >= 0.3 is 5.97 Å². The summed E-state index contributed by atoms with van der Waals surface area (Å²) in [5.41, 5.74) is 1.81. The quantitative estimate of drug-likeness (QED) is 0.349. The molecule has 14 heteroatoms. The first-order valence-electron chi connectivity index (χ1n) is 16.0. The summed E-state index contributed by atoms with van der Waals surface area (Å²) in [5.74, 6) is 5.18. The summed E-state index contributed by atoms with van der Waals surface area (Å²) in [7, 11) is 0.